The van der Waals surface area contributed by atoms with Gasteiger partial charge in [-0.05, 0) is 40.3 Å². The Kier molecular flexibility index (Phi) is 6.50. The maximum atomic E-state index is 13.6. The predicted octanol–water partition coefficient (Wildman–Crippen LogP) is 5.64. The minimum atomic E-state index is 0.0657. The molecule has 2 heterocycles. The Morgan fingerprint density at radius 2 is 1.49 bits per heavy atom. The lowest BCUT2D eigenvalue weighted by atomic mass is 9.87. The third-order valence-corrected chi connectivity index (χ3v) is 7.41. The topological polar surface area (TPSA) is 81.4 Å². The Labute approximate surface area is 215 Å². The van der Waals surface area contributed by atoms with Crippen molar-refractivity contribution in [3.05, 3.63) is 112 Å². The molecule has 0 amide bonds. The van der Waals surface area contributed by atoms with Crippen molar-refractivity contribution in [1.82, 2.24) is 29.8 Å². The van der Waals surface area contributed by atoms with Crippen molar-refractivity contribution < 1.29 is 0 Å². The molecule has 1 N–H and O–H groups in total. The van der Waals surface area contributed by atoms with E-state index in [1.807, 2.05) is 45.5 Å². The number of nitrogens with one attached hydrogen (secondary N) is 1. The number of imidazole rings is 1. The van der Waals surface area contributed by atoms with Gasteiger partial charge in [-0.1, -0.05) is 98.1 Å². The molecular weight excluding hydrogens is 460 g/mol. The number of rotatable bonds is 7. The van der Waals surface area contributed by atoms with Crippen molar-refractivity contribution >= 4 is 0 Å². The second-order valence-corrected chi connectivity index (χ2v) is 9.85. The molecule has 0 spiro atoms. The van der Waals surface area contributed by atoms with Gasteiger partial charge in [0, 0.05) is 23.4 Å². The van der Waals surface area contributed by atoms with Gasteiger partial charge in [0.15, 0.2) is 0 Å². The Balaban J connectivity index is 1.31. The van der Waals surface area contributed by atoms with Crippen LogP contribution in [0.3, 0.4) is 0 Å². The Morgan fingerprint density at radius 1 is 0.784 bits per heavy atom. The van der Waals surface area contributed by atoms with E-state index in [1.165, 1.54) is 25.0 Å². The second-order valence-electron chi connectivity index (χ2n) is 9.85. The molecule has 1 saturated carbocycles. The number of hydrogen-bond acceptors (Lipinski definition) is 4. The maximum Gasteiger partial charge on any atom is 0.328 e. The summed E-state index contributed by atoms with van der Waals surface area (Å²) < 4.78 is 3.88. The molecule has 0 saturated heterocycles. The van der Waals surface area contributed by atoms with Crippen LogP contribution in [0, 0.1) is 0 Å². The average molecular weight is 491 g/mol. The normalized spacial score (nSPS) is 14.2. The van der Waals surface area contributed by atoms with Crippen molar-refractivity contribution in [2.24, 2.45) is 0 Å². The molecule has 0 radical (unpaired) electrons. The van der Waals surface area contributed by atoms with Crippen molar-refractivity contribution in [2.75, 3.05) is 0 Å². The molecule has 37 heavy (non-hydrogen) atoms. The first kappa shape index (κ1) is 23.2. The molecule has 7 heteroatoms. The monoisotopic (exact) mass is 490 g/mol. The first-order valence-corrected chi connectivity index (χ1v) is 13.0. The fraction of sp³-hybridized carbons (Fsp3) is 0.267. The van der Waals surface area contributed by atoms with Crippen LogP contribution in [0.4, 0.5) is 0 Å². The van der Waals surface area contributed by atoms with Crippen LogP contribution in [0.2, 0.25) is 0 Å². The number of aromatic nitrogens is 6. The van der Waals surface area contributed by atoms with Crippen LogP contribution < -0.4 is 5.69 Å². The highest BCUT2D eigenvalue weighted by molar-refractivity contribution is 5.80. The van der Waals surface area contributed by atoms with E-state index < -0.39 is 0 Å². The number of nitrogens with zero attached hydrogens (tertiary/aromatic N) is 5. The minimum absolute atomic E-state index is 0.0657. The number of hydrogen-bond donors (Lipinski definition) is 1. The Bertz CT molecular complexity index is 1510. The van der Waals surface area contributed by atoms with Crippen LogP contribution in [0.5, 0.6) is 0 Å². The SMILES string of the molecule is O=c1n(Cc2ccccc2)cc(C2CCCCC2)n1Cc1ccc(-c2ccccc2-c2nn[nH]n2)cc1. The minimum Gasteiger partial charge on any atom is -0.295 e. The molecule has 0 bridgehead atoms. The summed E-state index contributed by atoms with van der Waals surface area (Å²) in [5.74, 6) is 1.02. The van der Waals surface area contributed by atoms with E-state index in [2.05, 4.69) is 69.3 Å². The Hall–Kier alpha value is -4.26. The number of tetrazole rings is 1. The number of H-pyrrole nitrogens is 1. The average Bonchev–Trinajstić information content (AvgIpc) is 3.60. The molecule has 1 fully saturated rings. The molecule has 186 valence electrons. The lowest BCUT2D eigenvalue weighted by Crippen LogP contribution is -2.26. The van der Waals surface area contributed by atoms with Crippen LogP contribution >= 0.6 is 0 Å². The largest absolute Gasteiger partial charge is 0.328 e. The molecule has 0 unspecified atom stereocenters. The van der Waals surface area contributed by atoms with Gasteiger partial charge in [-0.2, -0.15) is 5.21 Å². The van der Waals surface area contributed by atoms with Gasteiger partial charge in [0.1, 0.15) is 0 Å². The van der Waals surface area contributed by atoms with Gasteiger partial charge in [-0.15, -0.1) is 10.2 Å². The van der Waals surface area contributed by atoms with E-state index in [9.17, 15) is 4.79 Å². The zero-order valence-electron chi connectivity index (χ0n) is 20.8. The van der Waals surface area contributed by atoms with Crippen LogP contribution in [0.1, 0.15) is 54.8 Å². The van der Waals surface area contributed by atoms with E-state index in [0.29, 0.717) is 24.8 Å². The van der Waals surface area contributed by atoms with Crippen molar-refractivity contribution in [3.8, 4) is 22.5 Å². The summed E-state index contributed by atoms with van der Waals surface area (Å²) in [7, 11) is 0. The van der Waals surface area contributed by atoms with E-state index >= 15 is 0 Å². The molecule has 7 nitrogen and oxygen atoms in total. The van der Waals surface area contributed by atoms with Crippen molar-refractivity contribution in [2.45, 2.75) is 51.1 Å². The van der Waals surface area contributed by atoms with Crippen molar-refractivity contribution in [1.29, 1.82) is 0 Å². The fourth-order valence-electron chi connectivity index (χ4n) is 5.50. The summed E-state index contributed by atoms with van der Waals surface area (Å²) in [5, 5.41) is 14.5. The van der Waals surface area contributed by atoms with Gasteiger partial charge < -0.3 is 0 Å². The fourth-order valence-corrected chi connectivity index (χ4v) is 5.50. The van der Waals surface area contributed by atoms with E-state index in [0.717, 1.165) is 40.7 Å². The number of aromatic amines is 1. The highest BCUT2D eigenvalue weighted by atomic mass is 16.1. The van der Waals surface area contributed by atoms with Gasteiger partial charge in [0.2, 0.25) is 5.82 Å². The van der Waals surface area contributed by atoms with Crippen LogP contribution in [0.15, 0.2) is 89.9 Å². The lowest BCUT2D eigenvalue weighted by molar-refractivity contribution is 0.425. The third-order valence-electron chi connectivity index (χ3n) is 7.41. The third kappa shape index (κ3) is 4.89. The van der Waals surface area contributed by atoms with Crippen LogP contribution in [-0.2, 0) is 13.1 Å². The summed E-state index contributed by atoms with van der Waals surface area (Å²) in [6.45, 7) is 1.16. The van der Waals surface area contributed by atoms with E-state index in [4.69, 9.17) is 0 Å². The zero-order valence-corrected chi connectivity index (χ0v) is 20.8. The molecule has 6 rings (SSSR count). The number of benzene rings is 3. The quantitative estimate of drug-likeness (QED) is 0.320. The van der Waals surface area contributed by atoms with Gasteiger partial charge >= 0.3 is 5.69 Å². The molecule has 3 aromatic carbocycles. The summed E-state index contributed by atoms with van der Waals surface area (Å²) >= 11 is 0. The van der Waals surface area contributed by atoms with Gasteiger partial charge in [0.05, 0.1) is 13.1 Å². The van der Waals surface area contributed by atoms with Crippen LogP contribution in [0.25, 0.3) is 22.5 Å². The lowest BCUT2D eigenvalue weighted by Gasteiger charge is -2.22. The predicted molar refractivity (Wildman–Crippen MR) is 144 cm³/mol. The molecule has 0 aliphatic heterocycles. The first-order valence-electron chi connectivity index (χ1n) is 13.0. The van der Waals surface area contributed by atoms with Gasteiger partial charge in [-0.25, -0.2) is 4.79 Å². The molecular formula is C30H30N6O. The smallest absolute Gasteiger partial charge is 0.295 e. The Morgan fingerprint density at radius 3 is 2.22 bits per heavy atom. The first-order chi connectivity index (χ1) is 18.3. The molecule has 1 aliphatic rings. The molecule has 0 atom stereocenters. The summed E-state index contributed by atoms with van der Waals surface area (Å²) in [4.78, 5) is 13.6. The molecule has 1 aliphatic carbocycles. The van der Waals surface area contributed by atoms with Crippen molar-refractivity contribution in [3.63, 3.8) is 0 Å². The van der Waals surface area contributed by atoms with Crippen LogP contribution in [-0.4, -0.2) is 29.8 Å². The van der Waals surface area contributed by atoms with E-state index in [1.54, 1.807) is 0 Å². The summed E-state index contributed by atoms with van der Waals surface area (Å²) in [6.07, 6.45) is 8.18. The van der Waals surface area contributed by atoms with Gasteiger partial charge in [-0.3, -0.25) is 9.13 Å². The highest BCUT2D eigenvalue weighted by Crippen LogP contribution is 2.33. The zero-order chi connectivity index (χ0) is 25.0. The second kappa shape index (κ2) is 10.4. The maximum absolute atomic E-state index is 13.6. The summed E-state index contributed by atoms with van der Waals surface area (Å²) in [5.41, 5.74) is 6.54. The summed E-state index contributed by atoms with van der Waals surface area (Å²) in [6, 6.07) is 26.7. The van der Waals surface area contributed by atoms with Gasteiger partial charge in [0.25, 0.3) is 0 Å². The van der Waals surface area contributed by atoms with E-state index in [-0.39, 0.29) is 5.69 Å². The molecule has 2 aromatic heterocycles. The standard InChI is InChI=1S/C30H30N6O/c37-30-35(19-22-9-3-1-4-10-22)21-28(25-11-5-2-6-12-25)36(30)20-23-15-17-24(18-16-23)26-13-7-8-14-27(26)29-31-33-34-32-29/h1,3-4,7-10,13-18,21,25H,2,5-6,11-12,19-20H2,(H,31,32,33,34). The highest BCUT2D eigenvalue weighted by Gasteiger charge is 2.22. The molecule has 5 aromatic rings.